The summed E-state index contributed by atoms with van der Waals surface area (Å²) >= 11 is 0. The van der Waals surface area contributed by atoms with Gasteiger partial charge in [0.25, 0.3) is 0 Å². The molecule has 1 aromatic rings. The molecule has 0 aliphatic heterocycles. The van der Waals surface area contributed by atoms with Crippen LogP contribution >= 0.6 is 0 Å². The summed E-state index contributed by atoms with van der Waals surface area (Å²) in [6, 6.07) is 0. The quantitative estimate of drug-likeness (QED) is 0.716. The summed E-state index contributed by atoms with van der Waals surface area (Å²) in [6.45, 7) is 2.13. The van der Waals surface area contributed by atoms with Crippen LogP contribution in [0.15, 0.2) is 6.20 Å². The highest BCUT2D eigenvalue weighted by molar-refractivity contribution is 5.38. The number of nitrogens with zero attached hydrogens (tertiary/aromatic N) is 2. The third kappa shape index (κ3) is 1.47. The van der Waals surface area contributed by atoms with Crippen molar-refractivity contribution in [1.29, 1.82) is 0 Å². The van der Waals surface area contributed by atoms with Gasteiger partial charge in [-0.05, 0) is 30.7 Å². The van der Waals surface area contributed by atoms with Gasteiger partial charge >= 0.3 is 0 Å². The van der Waals surface area contributed by atoms with Crippen molar-refractivity contribution in [3.8, 4) is 0 Å². The molecule has 17 heavy (non-hydrogen) atoms. The van der Waals surface area contributed by atoms with E-state index in [0.29, 0.717) is 11.9 Å². The van der Waals surface area contributed by atoms with Crippen molar-refractivity contribution in [3.63, 3.8) is 0 Å². The molecule has 0 amide bonds. The highest BCUT2D eigenvalue weighted by atomic mass is 16.3. The molecule has 3 N–H and O–H groups in total. The summed E-state index contributed by atoms with van der Waals surface area (Å²) in [5.74, 6) is 0.656. The molecule has 1 aromatic heterocycles. The van der Waals surface area contributed by atoms with Gasteiger partial charge in [-0.15, -0.1) is 0 Å². The molecular formula is C13H19N3O. The Morgan fingerprint density at radius 2 is 2.12 bits per heavy atom. The lowest BCUT2D eigenvalue weighted by molar-refractivity contribution is 0.0559. The number of nitrogens with two attached hydrogens (primary N) is 1. The lowest BCUT2D eigenvalue weighted by Crippen LogP contribution is -2.43. The Balaban J connectivity index is 2.18. The highest BCUT2D eigenvalue weighted by Crippen LogP contribution is 2.50. The van der Waals surface area contributed by atoms with Gasteiger partial charge in [0.2, 0.25) is 5.95 Å². The van der Waals surface area contributed by atoms with Gasteiger partial charge in [0.05, 0.1) is 11.8 Å². The van der Waals surface area contributed by atoms with Crippen LogP contribution in [0.2, 0.25) is 0 Å². The number of aromatic nitrogens is 2. The SMILES string of the molecule is CC1CC(O)C2(CCCC2)c2nc(N)ncc21. The van der Waals surface area contributed by atoms with Crippen molar-refractivity contribution in [1.82, 2.24) is 9.97 Å². The fourth-order valence-electron chi connectivity index (χ4n) is 3.59. The molecule has 0 bridgehead atoms. The van der Waals surface area contributed by atoms with Crippen molar-refractivity contribution < 1.29 is 5.11 Å². The van der Waals surface area contributed by atoms with E-state index in [1.54, 1.807) is 0 Å². The molecule has 3 rings (SSSR count). The lowest BCUT2D eigenvalue weighted by Gasteiger charge is -2.41. The van der Waals surface area contributed by atoms with Gasteiger partial charge in [0.15, 0.2) is 0 Å². The van der Waals surface area contributed by atoms with E-state index in [1.165, 1.54) is 18.4 Å². The first-order chi connectivity index (χ1) is 8.13. The number of anilines is 1. The van der Waals surface area contributed by atoms with Crippen molar-refractivity contribution in [3.05, 3.63) is 17.5 Å². The van der Waals surface area contributed by atoms with E-state index in [1.807, 2.05) is 6.20 Å². The third-order valence-corrected chi connectivity index (χ3v) is 4.55. The second kappa shape index (κ2) is 3.67. The topological polar surface area (TPSA) is 72.0 Å². The van der Waals surface area contributed by atoms with Crippen LogP contribution in [0.5, 0.6) is 0 Å². The number of rotatable bonds is 0. The molecule has 1 fully saturated rings. The second-order valence-electron chi connectivity index (χ2n) is 5.55. The van der Waals surface area contributed by atoms with E-state index in [4.69, 9.17) is 5.73 Å². The third-order valence-electron chi connectivity index (χ3n) is 4.55. The van der Waals surface area contributed by atoms with Crippen molar-refractivity contribution in [2.24, 2.45) is 0 Å². The monoisotopic (exact) mass is 233 g/mol. The van der Waals surface area contributed by atoms with Gasteiger partial charge in [-0.25, -0.2) is 9.97 Å². The average Bonchev–Trinajstić information content (AvgIpc) is 2.77. The number of hydrogen-bond donors (Lipinski definition) is 2. The zero-order valence-electron chi connectivity index (χ0n) is 10.2. The minimum absolute atomic E-state index is 0.140. The van der Waals surface area contributed by atoms with E-state index >= 15 is 0 Å². The maximum atomic E-state index is 10.5. The number of nitrogen functional groups attached to an aromatic ring is 1. The Hall–Kier alpha value is -1.16. The molecule has 4 heteroatoms. The lowest BCUT2D eigenvalue weighted by atomic mass is 9.67. The molecule has 1 saturated carbocycles. The fourth-order valence-corrected chi connectivity index (χ4v) is 3.59. The second-order valence-corrected chi connectivity index (χ2v) is 5.55. The molecule has 2 aliphatic rings. The summed E-state index contributed by atoms with van der Waals surface area (Å²) in [4.78, 5) is 8.56. The maximum Gasteiger partial charge on any atom is 0.220 e. The van der Waals surface area contributed by atoms with Gasteiger partial charge in [0.1, 0.15) is 0 Å². The Labute approximate surface area is 101 Å². The van der Waals surface area contributed by atoms with Crippen LogP contribution in [-0.2, 0) is 5.41 Å². The summed E-state index contributed by atoms with van der Waals surface area (Å²) in [6.07, 6.45) is 6.81. The minimum atomic E-state index is -0.276. The van der Waals surface area contributed by atoms with Crippen LogP contribution in [0, 0.1) is 0 Å². The molecule has 2 atom stereocenters. The van der Waals surface area contributed by atoms with Crippen molar-refractivity contribution in [2.45, 2.75) is 56.5 Å². The normalized spacial score (nSPS) is 30.5. The Bertz CT molecular complexity index is 440. The standard InChI is InChI=1S/C13H19N3O/c1-8-6-10(17)13(4-2-3-5-13)11-9(8)7-15-12(14)16-11/h7-8,10,17H,2-6H2,1H3,(H2,14,15,16). The molecule has 92 valence electrons. The molecular weight excluding hydrogens is 214 g/mol. The summed E-state index contributed by atoms with van der Waals surface area (Å²) in [7, 11) is 0. The Morgan fingerprint density at radius 3 is 2.82 bits per heavy atom. The van der Waals surface area contributed by atoms with Crippen LogP contribution in [0.3, 0.4) is 0 Å². The largest absolute Gasteiger partial charge is 0.392 e. The van der Waals surface area contributed by atoms with Gasteiger partial charge in [-0.3, -0.25) is 0 Å². The first-order valence-electron chi connectivity index (χ1n) is 6.44. The minimum Gasteiger partial charge on any atom is -0.392 e. The van der Waals surface area contributed by atoms with E-state index in [0.717, 1.165) is 25.0 Å². The van der Waals surface area contributed by atoms with Crippen LogP contribution in [0.4, 0.5) is 5.95 Å². The molecule has 2 aliphatic carbocycles. The number of hydrogen-bond acceptors (Lipinski definition) is 4. The van der Waals surface area contributed by atoms with Crippen LogP contribution in [0.25, 0.3) is 0 Å². The van der Waals surface area contributed by atoms with Crippen LogP contribution < -0.4 is 5.73 Å². The fraction of sp³-hybridized carbons (Fsp3) is 0.692. The average molecular weight is 233 g/mol. The smallest absolute Gasteiger partial charge is 0.220 e. The summed E-state index contributed by atoms with van der Waals surface area (Å²) < 4.78 is 0. The zero-order valence-corrected chi connectivity index (χ0v) is 10.2. The first-order valence-corrected chi connectivity index (χ1v) is 6.44. The molecule has 0 saturated heterocycles. The van der Waals surface area contributed by atoms with Crippen LogP contribution in [0.1, 0.15) is 56.2 Å². The number of aliphatic hydroxyl groups excluding tert-OH is 1. The van der Waals surface area contributed by atoms with Gasteiger partial charge in [-0.1, -0.05) is 19.8 Å². The maximum absolute atomic E-state index is 10.5. The summed E-state index contributed by atoms with van der Waals surface area (Å²) in [5, 5.41) is 10.5. The van der Waals surface area contributed by atoms with Crippen LogP contribution in [-0.4, -0.2) is 21.2 Å². The molecule has 1 heterocycles. The molecule has 4 nitrogen and oxygen atoms in total. The predicted molar refractivity (Wildman–Crippen MR) is 65.6 cm³/mol. The predicted octanol–water partition coefficient (Wildman–Crippen LogP) is 1.74. The molecule has 2 unspecified atom stereocenters. The highest BCUT2D eigenvalue weighted by Gasteiger charge is 2.48. The molecule has 1 spiro atoms. The first kappa shape index (κ1) is 11.0. The van der Waals surface area contributed by atoms with E-state index in [-0.39, 0.29) is 11.5 Å². The van der Waals surface area contributed by atoms with Gasteiger partial charge < -0.3 is 10.8 Å². The van der Waals surface area contributed by atoms with E-state index in [2.05, 4.69) is 16.9 Å². The molecule has 0 radical (unpaired) electrons. The Morgan fingerprint density at radius 1 is 1.41 bits per heavy atom. The van der Waals surface area contributed by atoms with Gasteiger partial charge in [-0.2, -0.15) is 0 Å². The number of fused-ring (bicyclic) bond motifs is 2. The Kier molecular flexibility index (Phi) is 2.36. The van der Waals surface area contributed by atoms with E-state index < -0.39 is 0 Å². The van der Waals surface area contributed by atoms with Crippen molar-refractivity contribution in [2.75, 3.05) is 5.73 Å². The van der Waals surface area contributed by atoms with Crippen molar-refractivity contribution >= 4 is 5.95 Å². The zero-order chi connectivity index (χ0) is 12.0. The van der Waals surface area contributed by atoms with E-state index in [9.17, 15) is 5.11 Å². The number of aliphatic hydroxyl groups is 1. The van der Waals surface area contributed by atoms with Gasteiger partial charge in [0, 0.05) is 11.6 Å². The molecule has 0 aromatic carbocycles. The summed E-state index contributed by atoms with van der Waals surface area (Å²) in [5.41, 5.74) is 7.79.